The highest BCUT2D eigenvalue weighted by Crippen LogP contribution is 2.45. The fourth-order valence-electron chi connectivity index (χ4n) is 2.17. The predicted octanol–water partition coefficient (Wildman–Crippen LogP) is 2.89. The van der Waals surface area contributed by atoms with Crippen LogP contribution in [0.1, 0.15) is 46.0 Å². The van der Waals surface area contributed by atoms with Crippen molar-refractivity contribution in [2.24, 2.45) is 5.41 Å². The monoisotopic (exact) mass is 168 g/mol. The minimum absolute atomic E-state index is 0.0689. The van der Waals surface area contributed by atoms with Gasteiger partial charge in [-0.3, -0.25) is 0 Å². The van der Waals surface area contributed by atoms with E-state index < -0.39 is 5.60 Å². The Bertz CT molecular complexity index is 172. The van der Waals surface area contributed by atoms with Gasteiger partial charge in [-0.15, -0.1) is 6.58 Å². The van der Waals surface area contributed by atoms with Gasteiger partial charge in [0.1, 0.15) is 0 Å². The third kappa shape index (κ3) is 1.56. The number of aliphatic hydroxyl groups is 1. The molecule has 0 aromatic rings. The molecular weight excluding hydrogens is 148 g/mol. The van der Waals surface area contributed by atoms with E-state index in [-0.39, 0.29) is 5.41 Å². The minimum Gasteiger partial charge on any atom is -0.389 e. The van der Waals surface area contributed by atoms with Crippen molar-refractivity contribution < 1.29 is 5.11 Å². The summed E-state index contributed by atoms with van der Waals surface area (Å²) in [5.41, 5.74) is -0.424. The molecule has 0 aromatic heterocycles. The summed E-state index contributed by atoms with van der Waals surface area (Å²) in [7, 11) is 0. The molecule has 1 nitrogen and oxygen atoms in total. The Kier molecular flexibility index (Phi) is 2.62. The van der Waals surface area contributed by atoms with Crippen LogP contribution in [0.25, 0.3) is 0 Å². The van der Waals surface area contributed by atoms with Gasteiger partial charge in [0.15, 0.2) is 0 Å². The van der Waals surface area contributed by atoms with E-state index in [1.54, 1.807) is 0 Å². The second kappa shape index (κ2) is 3.21. The van der Waals surface area contributed by atoms with E-state index in [9.17, 15) is 5.11 Å². The van der Waals surface area contributed by atoms with Gasteiger partial charge in [-0.2, -0.15) is 0 Å². The summed E-state index contributed by atoms with van der Waals surface area (Å²) in [6.45, 7) is 8.03. The lowest BCUT2D eigenvalue weighted by atomic mass is 9.64. The van der Waals surface area contributed by atoms with Gasteiger partial charge in [-0.1, -0.05) is 32.8 Å². The summed E-state index contributed by atoms with van der Waals surface area (Å²) in [6, 6.07) is 0. The third-order valence-electron chi connectivity index (χ3n) is 3.38. The molecule has 0 aromatic carbocycles. The maximum Gasteiger partial charge on any atom is 0.0732 e. The zero-order valence-corrected chi connectivity index (χ0v) is 8.27. The highest BCUT2D eigenvalue weighted by molar-refractivity contribution is 4.99. The Hall–Kier alpha value is -0.300. The van der Waals surface area contributed by atoms with Crippen molar-refractivity contribution in [2.75, 3.05) is 0 Å². The number of hydrogen-bond donors (Lipinski definition) is 1. The molecule has 1 aliphatic rings. The molecule has 1 rings (SSSR count). The van der Waals surface area contributed by atoms with Crippen molar-refractivity contribution in [3.63, 3.8) is 0 Å². The summed E-state index contributed by atoms with van der Waals surface area (Å²) in [6.07, 6.45) is 7.07. The first-order chi connectivity index (χ1) is 5.52. The SMILES string of the molecule is C=CC[C@@]1(O)CCCCC1(C)C. The van der Waals surface area contributed by atoms with E-state index in [0.29, 0.717) is 0 Å². The summed E-state index contributed by atoms with van der Waals surface area (Å²) < 4.78 is 0. The van der Waals surface area contributed by atoms with Crippen LogP contribution in [0.4, 0.5) is 0 Å². The molecule has 0 spiro atoms. The first-order valence-corrected chi connectivity index (χ1v) is 4.85. The Labute approximate surface area is 75.5 Å². The van der Waals surface area contributed by atoms with Crippen LogP contribution < -0.4 is 0 Å². The molecule has 70 valence electrons. The zero-order chi connectivity index (χ0) is 9.24. The quantitative estimate of drug-likeness (QED) is 0.629. The van der Waals surface area contributed by atoms with Crippen LogP contribution in [0.2, 0.25) is 0 Å². The van der Waals surface area contributed by atoms with Gasteiger partial charge >= 0.3 is 0 Å². The highest BCUT2D eigenvalue weighted by Gasteiger charge is 2.43. The van der Waals surface area contributed by atoms with Crippen molar-refractivity contribution >= 4 is 0 Å². The summed E-state index contributed by atoms with van der Waals surface area (Å²) in [5.74, 6) is 0. The van der Waals surface area contributed by atoms with Crippen molar-refractivity contribution in [3.8, 4) is 0 Å². The molecular formula is C11H20O. The first-order valence-electron chi connectivity index (χ1n) is 4.85. The number of rotatable bonds is 2. The van der Waals surface area contributed by atoms with Crippen molar-refractivity contribution in [1.29, 1.82) is 0 Å². The van der Waals surface area contributed by atoms with Gasteiger partial charge in [0.25, 0.3) is 0 Å². The Morgan fingerprint density at radius 2 is 1.92 bits per heavy atom. The lowest BCUT2D eigenvalue weighted by Gasteiger charge is -2.46. The van der Waals surface area contributed by atoms with E-state index in [1.165, 1.54) is 6.42 Å². The van der Waals surface area contributed by atoms with E-state index in [2.05, 4.69) is 20.4 Å². The van der Waals surface area contributed by atoms with Crippen LogP contribution in [0, 0.1) is 5.41 Å². The Balaban J connectivity index is 2.76. The van der Waals surface area contributed by atoms with Crippen LogP contribution in [0.3, 0.4) is 0 Å². The van der Waals surface area contributed by atoms with Gasteiger partial charge in [0.2, 0.25) is 0 Å². The largest absolute Gasteiger partial charge is 0.389 e. The normalized spacial score (nSPS) is 34.6. The Morgan fingerprint density at radius 1 is 1.33 bits per heavy atom. The summed E-state index contributed by atoms with van der Waals surface area (Å²) in [5, 5.41) is 10.3. The van der Waals surface area contributed by atoms with Gasteiger partial charge in [0.05, 0.1) is 5.60 Å². The van der Waals surface area contributed by atoms with Gasteiger partial charge < -0.3 is 5.11 Å². The zero-order valence-electron chi connectivity index (χ0n) is 8.27. The van der Waals surface area contributed by atoms with E-state index in [4.69, 9.17) is 0 Å². The molecule has 1 saturated carbocycles. The molecule has 0 saturated heterocycles. The lowest BCUT2D eigenvalue weighted by Crippen LogP contribution is -2.46. The molecule has 0 bridgehead atoms. The van der Waals surface area contributed by atoms with Crippen LogP contribution in [-0.4, -0.2) is 10.7 Å². The van der Waals surface area contributed by atoms with Crippen LogP contribution in [0.15, 0.2) is 12.7 Å². The molecule has 1 aliphatic carbocycles. The maximum absolute atomic E-state index is 10.3. The van der Waals surface area contributed by atoms with Crippen LogP contribution in [-0.2, 0) is 0 Å². The fraction of sp³-hybridized carbons (Fsp3) is 0.818. The molecule has 0 aliphatic heterocycles. The first kappa shape index (κ1) is 9.79. The lowest BCUT2D eigenvalue weighted by molar-refractivity contribution is -0.0938. The predicted molar refractivity (Wildman–Crippen MR) is 52.0 cm³/mol. The molecule has 0 unspecified atom stereocenters. The summed E-state index contributed by atoms with van der Waals surface area (Å²) in [4.78, 5) is 0. The van der Waals surface area contributed by atoms with Gasteiger partial charge in [0, 0.05) is 0 Å². The van der Waals surface area contributed by atoms with Gasteiger partial charge in [-0.05, 0) is 24.7 Å². The molecule has 0 heterocycles. The second-order valence-corrected chi connectivity index (χ2v) is 4.62. The Morgan fingerprint density at radius 3 is 2.42 bits per heavy atom. The fourth-order valence-corrected chi connectivity index (χ4v) is 2.17. The van der Waals surface area contributed by atoms with Crippen molar-refractivity contribution in [1.82, 2.24) is 0 Å². The minimum atomic E-state index is -0.493. The molecule has 0 amide bonds. The molecule has 1 N–H and O–H groups in total. The third-order valence-corrected chi connectivity index (χ3v) is 3.38. The second-order valence-electron chi connectivity index (χ2n) is 4.62. The summed E-state index contributed by atoms with van der Waals surface area (Å²) >= 11 is 0. The molecule has 0 radical (unpaired) electrons. The van der Waals surface area contributed by atoms with E-state index >= 15 is 0 Å². The molecule has 12 heavy (non-hydrogen) atoms. The molecule has 1 atom stereocenters. The van der Waals surface area contributed by atoms with Gasteiger partial charge in [-0.25, -0.2) is 0 Å². The average molecular weight is 168 g/mol. The smallest absolute Gasteiger partial charge is 0.0732 e. The van der Waals surface area contributed by atoms with Crippen molar-refractivity contribution in [3.05, 3.63) is 12.7 Å². The van der Waals surface area contributed by atoms with E-state index in [1.807, 2.05) is 6.08 Å². The highest BCUT2D eigenvalue weighted by atomic mass is 16.3. The van der Waals surface area contributed by atoms with E-state index in [0.717, 1.165) is 25.7 Å². The topological polar surface area (TPSA) is 20.2 Å². The van der Waals surface area contributed by atoms with Crippen LogP contribution in [0.5, 0.6) is 0 Å². The maximum atomic E-state index is 10.3. The number of hydrogen-bond acceptors (Lipinski definition) is 1. The van der Waals surface area contributed by atoms with Crippen molar-refractivity contribution in [2.45, 2.75) is 51.6 Å². The molecule has 1 heteroatoms. The average Bonchev–Trinajstić information content (AvgIpc) is 1.96. The standard InChI is InChI=1S/C11H20O/c1-4-7-11(12)9-6-5-8-10(11,2)3/h4,12H,1,5-9H2,2-3H3/t11-/m1/s1. The van der Waals surface area contributed by atoms with Crippen LogP contribution >= 0.6 is 0 Å². The molecule has 1 fully saturated rings.